The molecule has 1 aromatic rings. The Bertz CT molecular complexity index is 546. The fourth-order valence-corrected chi connectivity index (χ4v) is 1.75. The Labute approximate surface area is 109 Å². The molecule has 2 rings (SSSR count). The minimum Gasteiger partial charge on any atom is -0.465 e. The number of carbonyl (C=O) groups is 2. The summed E-state index contributed by atoms with van der Waals surface area (Å²) in [6, 6.07) is 3.32. The van der Waals surface area contributed by atoms with E-state index in [1.165, 1.54) is 23.3 Å². The average molecular weight is 262 g/mol. The second-order valence-electron chi connectivity index (χ2n) is 3.54. The minimum atomic E-state index is -0.526. The van der Waals surface area contributed by atoms with Crippen molar-refractivity contribution in [3.8, 4) is 0 Å². The van der Waals surface area contributed by atoms with E-state index < -0.39 is 11.8 Å². The number of rotatable bonds is 3. The van der Waals surface area contributed by atoms with E-state index in [2.05, 4.69) is 11.9 Å². The number of hydrogen-bond acceptors (Lipinski definition) is 4. The maximum Gasteiger partial charge on any atom is 0.266 e. The summed E-state index contributed by atoms with van der Waals surface area (Å²) in [5.74, 6) is -0.554. The van der Waals surface area contributed by atoms with Gasteiger partial charge in [0.05, 0.1) is 6.26 Å². The molecule has 1 aliphatic heterocycles. The molecule has 0 aliphatic carbocycles. The van der Waals surface area contributed by atoms with Crippen LogP contribution in [-0.2, 0) is 9.59 Å². The van der Waals surface area contributed by atoms with Gasteiger partial charge in [0.1, 0.15) is 11.3 Å². The summed E-state index contributed by atoms with van der Waals surface area (Å²) in [6.07, 6.45) is 4.38. The smallest absolute Gasteiger partial charge is 0.266 e. The first-order valence-electron chi connectivity index (χ1n) is 5.16. The van der Waals surface area contributed by atoms with Crippen molar-refractivity contribution in [2.24, 2.45) is 0 Å². The summed E-state index contributed by atoms with van der Waals surface area (Å²) in [7, 11) is 0. The molecule has 0 radical (unpaired) electrons. The van der Waals surface area contributed by atoms with E-state index in [1.54, 1.807) is 12.1 Å². The maximum atomic E-state index is 12.1. The fraction of sp³-hybridized carbons (Fsp3) is 0.0833. The Morgan fingerprint density at radius 2 is 2.28 bits per heavy atom. The third kappa shape index (κ3) is 2.23. The van der Waals surface area contributed by atoms with Crippen molar-refractivity contribution in [2.75, 3.05) is 6.54 Å². The zero-order valence-corrected chi connectivity index (χ0v) is 10.2. The van der Waals surface area contributed by atoms with Crippen LogP contribution in [-0.4, -0.2) is 28.4 Å². The summed E-state index contributed by atoms with van der Waals surface area (Å²) in [6.45, 7) is 3.78. The van der Waals surface area contributed by atoms with Gasteiger partial charge < -0.3 is 4.42 Å². The van der Waals surface area contributed by atoms with E-state index in [0.29, 0.717) is 5.76 Å². The van der Waals surface area contributed by atoms with Crippen LogP contribution in [0.25, 0.3) is 6.08 Å². The van der Waals surface area contributed by atoms with E-state index >= 15 is 0 Å². The molecular formula is C12H10N2O3S. The number of nitrogens with one attached hydrogen (secondary N) is 1. The van der Waals surface area contributed by atoms with E-state index in [0.717, 1.165) is 0 Å². The van der Waals surface area contributed by atoms with Gasteiger partial charge >= 0.3 is 0 Å². The lowest BCUT2D eigenvalue weighted by atomic mass is 10.1. The van der Waals surface area contributed by atoms with E-state index in [1.807, 2.05) is 0 Å². The standard InChI is InChI=1S/C12H10N2O3S/c1-2-5-14-11(16)9(10(15)13-12(14)18)7-8-4-3-6-17-8/h2-4,6-7H,1,5H2,(H,13,15,18)/b9-7-. The Morgan fingerprint density at radius 1 is 1.50 bits per heavy atom. The predicted molar refractivity (Wildman–Crippen MR) is 69.3 cm³/mol. The van der Waals surface area contributed by atoms with Crippen LogP contribution in [0.2, 0.25) is 0 Å². The highest BCUT2D eigenvalue weighted by atomic mass is 32.1. The normalized spacial score (nSPS) is 18.1. The van der Waals surface area contributed by atoms with Crippen LogP contribution in [0.5, 0.6) is 0 Å². The van der Waals surface area contributed by atoms with E-state index in [-0.39, 0.29) is 17.2 Å². The zero-order chi connectivity index (χ0) is 13.1. The van der Waals surface area contributed by atoms with Gasteiger partial charge in [-0.05, 0) is 30.4 Å². The van der Waals surface area contributed by atoms with Gasteiger partial charge in [-0.15, -0.1) is 6.58 Å². The van der Waals surface area contributed by atoms with E-state index in [4.69, 9.17) is 16.6 Å². The molecule has 0 bridgehead atoms. The number of amides is 2. The summed E-state index contributed by atoms with van der Waals surface area (Å²) in [5.41, 5.74) is -0.0135. The number of furan rings is 1. The summed E-state index contributed by atoms with van der Waals surface area (Å²) >= 11 is 4.92. The molecule has 2 amide bonds. The first-order valence-corrected chi connectivity index (χ1v) is 5.57. The second-order valence-corrected chi connectivity index (χ2v) is 3.92. The van der Waals surface area contributed by atoms with Gasteiger partial charge in [-0.2, -0.15) is 0 Å². The third-order valence-electron chi connectivity index (χ3n) is 2.33. The molecule has 1 aromatic heterocycles. The van der Waals surface area contributed by atoms with Crippen LogP contribution in [0.15, 0.2) is 41.0 Å². The lowest BCUT2D eigenvalue weighted by molar-refractivity contribution is -0.128. The van der Waals surface area contributed by atoms with E-state index in [9.17, 15) is 9.59 Å². The molecule has 1 fully saturated rings. The van der Waals surface area contributed by atoms with Crippen molar-refractivity contribution in [1.82, 2.24) is 10.2 Å². The Kier molecular flexibility index (Phi) is 3.38. The van der Waals surface area contributed by atoms with Crippen molar-refractivity contribution >= 4 is 35.2 Å². The molecule has 0 unspecified atom stereocenters. The molecule has 1 aliphatic rings. The molecule has 1 saturated heterocycles. The largest absolute Gasteiger partial charge is 0.465 e. The third-order valence-corrected chi connectivity index (χ3v) is 2.65. The first-order chi connectivity index (χ1) is 8.63. The number of nitrogens with zero attached hydrogens (tertiary/aromatic N) is 1. The quantitative estimate of drug-likeness (QED) is 0.383. The molecule has 5 nitrogen and oxygen atoms in total. The van der Waals surface area contributed by atoms with Gasteiger partial charge in [0.15, 0.2) is 5.11 Å². The Morgan fingerprint density at radius 3 is 2.89 bits per heavy atom. The van der Waals surface area contributed by atoms with Crippen molar-refractivity contribution in [2.45, 2.75) is 0 Å². The summed E-state index contributed by atoms with van der Waals surface area (Å²) in [4.78, 5) is 25.1. The number of hydrogen-bond donors (Lipinski definition) is 1. The molecule has 0 spiro atoms. The highest BCUT2D eigenvalue weighted by Gasteiger charge is 2.32. The molecular weight excluding hydrogens is 252 g/mol. The van der Waals surface area contributed by atoms with Crippen molar-refractivity contribution in [1.29, 1.82) is 0 Å². The fourth-order valence-electron chi connectivity index (χ4n) is 1.50. The number of thiocarbonyl (C=S) groups is 1. The molecule has 6 heteroatoms. The average Bonchev–Trinajstić information content (AvgIpc) is 2.83. The lowest BCUT2D eigenvalue weighted by Crippen LogP contribution is -2.53. The van der Waals surface area contributed by atoms with Gasteiger partial charge in [-0.25, -0.2) is 0 Å². The topological polar surface area (TPSA) is 62.6 Å². The zero-order valence-electron chi connectivity index (χ0n) is 9.38. The van der Waals surface area contributed by atoms with Crippen molar-refractivity contribution in [3.63, 3.8) is 0 Å². The monoisotopic (exact) mass is 262 g/mol. The molecule has 0 saturated carbocycles. The molecule has 2 heterocycles. The SMILES string of the molecule is C=CCN1C(=O)/C(=C\c2ccco2)C(=O)NC1=S. The first kappa shape index (κ1) is 12.3. The van der Waals surface area contributed by atoms with Crippen molar-refractivity contribution in [3.05, 3.63) is 42.4 Å². The highest BCUT2D eigenvalue weighted by molar-refractivity contribution is 7.80. The van der Waals surface area contributed by atoms with Gasteiger partial charge in [0, 0.05) is 6.54 Å². The van der Waals surface area contributed by atoms with Crippen LogP contribution in [0, 0.1) is 0 Å². The minimum absolute atomic E-state index is 0.0135. The molecule has 0 atom stereocenters. The van der Waals surface area contributed by atoms with Gasteiger partial charge in [-0.3, -0.25) is 19.8 Å². The van der Waals surface area contributed by atoms with Crippen LogP contribution in [0.3, 0.4) is 0 Å². The molecule has 1 N–H and O–H groups in total. The van der Waals surface area contributed by atoms with Gasteiger partial charge in [-0.1, -0.05) is 6.08 Å². The van der Waals surface area contributed by atoms with Crippen LogP contribution in [0.4, 0.5) is 0 Å². The second kappa shape index (κ2) is 4.97. The molecule has 18 heavy (non-hydrogen) atoms. The van der Waals surface area contributed by atoms with Crippen LogP contribution in [0.1, 0.15) is 5.76 Å². The van der Waals surface area contributed by atoms with Crippen molar-refractivity contribution < 1.29 is 14.0 Å². The van der Waals surface area contributed by atoms with Gasteiger partial charge in [0.2, 0.25) is 0 Å². The summed E-state index contributed by atoms with van der Waals surface area (Å²) < 4.78 is 5.07. The highest BCUT2D eigenvalue weighted by Crippen LogP contribution is 2.14. The maximum absolute atomic E-state index is 12.1. The lowest BCUT2D eigenvalue weighted by Gasteiger charge is -2.27. The Hall–Kier alpha value is -2.21. The van der Waals surface area contributed by atoms with Crippen LogP contribution >= 0.6 is 12.2 Å². The number of carbonyl (C=O) groups excluding carboxylic acids is 2. The van der Waals surface area contributed by atoms with Gasteiger partial charge in [0.25, 0.3) is 11.8 Å². The predicted octanol–water partition coefficient (Wildman–Crippen LogP) is 1.09. The van der Waals surface area contributed by atoms with Crippen LogP contribution < -0.4 is 5.32 Å². The molecule has 0 aromatic carbocycles. The molecule has 92 valence electrons. The summed E-state index contributed by atoms with van der Waals surface area (Å²) in [5, 5.41) is 2.53. The Balaban J connectivity index is 2.35.